The quantitative estimate of drug-likeness (QED) is 0.611. The Kier molecular flexibility index (Phi) is 3.85. The van der Waals surface area contributed by atoms with Crippen molar-refractivity contribution >= 4 is 17.6 Å². The molecule has 0 N–H and O–H groups in total. The van der Waals surface area contributed by atoms with E-state index >= 15 is 0 Å². The van der Waals surface area contributed by atoms with Crippen molar-refractivity contribution in [1.29, 1.82) is 0 Å². The topological polar surface area (TPSA) is 26.3 Å². The molecule has 0 spiro atoms. The molecule has 0 radical (unpaired) electrons. The number of benzene rings is 1. The van der Waals surface area contributed by atoms with E-state index in [1.165, 1.54) is 0 Å². The first-order valence-electron chi connectivity index (χ1n) is 4.43. The summed E-state index contributed by atoms with van der Waals surface area (Å²) in [7, 11) is 0.963. The Morgan fingerprint density at radius 2 is 1.72 bits per heavy atom. The Morgan fingerprint density at radius 1 is 1.17 bits per heavy atom. The van der Waals surface area contributed by atoms with Gasteiger partial charge in [-0.2, -0.15) is 22.0 Å². The number of ether oxygens (including phenoxy) is 1. The molecule has 0 amide bonds. The largest absolute Gasteiger partial charge is 0.465 e. The predicted molar refractivity (Wildman–Crippen MR) is 52.7 cm³/mol. The fraction of sp³-hybridized carbons (Fsp3) is 0.300. The summed E-state index contributed by atoms with van der Waals surface area (Å²) in [5, 5.41) is -0.420. The monoisotopic (exact) mass is 288 g/mol. The number of esters is 1. The second-order valence-electron chi connectivity index (χ2n) is 3.29. The molecule has 0 aromatic heterocycles. The molecule has 0 unspecified atom stereocenters. The maximum atomic E-state index is 13.1. The van der Waals surface area contributed by atoms with Crippen molar-refractivity contribution in [3.05, 3.63) is 34.3 Å². The molecule has 0 aliphatic heterocycles. The molecule has 0 heterocycles. The van der Waals surface area contributed by atoms with Crippen LogP contribution in [0.4, 0.5) is 22.0 Å². The minimum atomic E-state index is -5.77. The van der Waals surface area contributed by atoms with Gasteiger partial charge in [0.05, 0.1) is 12.7 Å². The van der Waals surface area contributed by atoms with Crippen molar-refractivity contribution in [2.75, 3.05) is 7.11 Å². The summed E-state index contributed by atoms with van der Waals surface area (Å²) < 4.78 is 66.8. The molecule has 1 aromatic carbocycles. The van der Waals surface area contributed by atoms with Gasteiger partial charge in [-0.1, -0.05) is 11.6 Å². The van der Waals surface area contributed by atoms with E-state index in [9.17, 15) is 26.7 Å². The molecule has 8 heteroatoms. The first-order valence-corrected chi connectivity index (χ1v) is 4.81. The SMILES string of the molecule is COC(=O)c1cc(Cl)cc(C(F)(F)C(F)(F)F)c1. The van der Waals surface area contributed by atoms with Gasteiger partial charge in [0.1, 0.15) is 0 Å². The highest BCUT2D eigenvalue weighted by atomic mass is 35.5. The first-order chi connectivity index (χ1) is 8.09. The van der Waals surface area contributed by atoms with Crippen LogP contribution in [-0.2, 0) is 10.7 Å². The number of methoxy groups -OCH3 is 1. The zero-order chi connectivity index (χ0) is 14.1. The molecule has 18 heavy (non-hydrogen) atoms. The van der Waals surface area contributed by atoms with Crippen LogP contribution in [0.1, 0.15) is 15.9 Å². The van der Waals surface area contributed by atoms with Crippen LogP contribution >= 0.6 is 11.6 Å². The molecule has 0 atom stereocenters. The summed E-state index contributed by atoms with van der Waals surface area (Å²) >= 11 is 5.40. The third-order valence-corrected chi connectivity index (χ3v) is 2.26. The summed E-state index contributed by atoms with van der Waals surface area (Å²) in [6.07, 6.45) is -5.77. The van der Waals surface area contributed by atoms with Gasteiger partial charge in [0, 0.05) is 10.6 Å². The fourth-order valence-corrected chi connectivity index (χ4v) is 1.41. The Morgan fingerprint density at radius 3 is 2.17 bits per heavy atom. The molecular weight excluding hydrogens is 283 g/mol. The van der Waals surface area contributed by atoms with E-state index in [2.05, 4.69) is 4.74 Å². The average Bonchev–Trinajstić information content (AvgIpc) is 2.25. The summed E-state index contributed by atoms with van der Waals surface area (Å²) in [5.41, 5.74) is -1.90. The van der Waals surface area contributed by atoms with Gasteiger partial charge >= 0.3 is 18.1 Å². The highest BCUT2D eigenvalue weighted by molar-refractivity contribution is 6.31. The molecule has 1 aromatic rings. The van der Waals surface area contributed by atoms with Crippen LogP contribution < -0.4 is 0 Å². The molecule has 0 fully saturated rings. The third kappa shape index (κ3) is 2.72. The van der Waals surface area contributed by atoms with E-state index in [-0.39, 0.29) is 0 Å². The van der Waals surface area contributed by atoms with Gasteiger partial charge in [0.25, 0.3) is 0 Å². The Bertz CT molecular complexity index is 470. The van der Waals surface area contributed by atoms with Crippen LogP contribution in [0.25, 0.3) is 0 Å². The number of halogens is 6. The second-order valence-corrected chi connectivity index (χ2v) is 3.73. The number of alkyl halides is 5. The van der Waals surface area contributed by atoms with Crippen molar-refractivity contribution in [3.8, 4) is 0 Å². The summed E-state index contributed by atoms with van der Waals surface area (Å²) in [6, 6.07) is 1.77. The summed E-state index contributed by atoms with van der Waals surface area (Å²) in [5.74, 6) is -6.16. The van der Waals surface area contributed by atoms with Crippen molar-refractivity contribution in [2.24, 2.45) is 0 Å². The minimum Gasteiger partial charge on any atom is -0.465 e. The van der Waals surface area contributed by atoms with Gasteiger partial charge in [-0.15, -0.1) is 0 Å². The number of carbonyl (C=O) groups excluding carboxylic acids is 1. The van der Waals surface area contributed by atoms with Crippen LogP contribution in [0.15, 0.2) is 18.2 Å². The number of hydrogen-bond acceptors (Lipinski definition) is 2. The van der Waals surface area contributed by atoms with Gasteiger partial charge in [-0.25, -0.2) is 4.79 Å². The van der Waals surface area contributed by atoms with Gasteiger partial charge in [-0.3, -0.25) is 0 Å². The predicted octanol–water partition coefficient (Wildman–Crippen LogP) is 3.78. The number of hydrogen-bond donors (Lipinski definition) is 0. The van der Waals surface area contributed by atoms with Crippen molar-refractivity contribution in [3.63, 3.8) is 0 Å². The average molecular weight is 289 g/mol. The van der Waals surface area contributed by atoms with Crippen LogP contribution in [0.3, 0.4) is 0 Å². The van der Waals surface area contributed by atoms with E-state index < -0.39 is 34.2 Å². The van der Waals surface area contributed by atoms with Crippen LogP contribution in [0.2, 0.25) is 5.02 Å². The second kappa shape index (κ2) is 4.72. The van der Waals surface area contributed by atoms with Gasteiger partial charge in [0.15, 0.2) is 0 Å². The smallest absolute Gasteiger partial charge is 0.458 e. The van der Waals surface area contributed by atoms with Crippen LogP contribution in [0.5, 0.6) is 0 Å². The van der Waals surface area contributed by atoms with E-state index in [4.69, 9.17) is 11.6 Å². The highest BCUT2D eigenvalue weighted by Crippen LogP contribution is 2.44. The van der Waals surface area contributed by atoms with Gasteiger partial charge in [0.2, 0.25) is 0 Å². The molecule has 0 saturated carbocycles. The maximum absolute atomic E-state index is 13.1. The molecule has 0 aliphatic carbocycles. The van der Waals surface area contributed by atoms with E-state index in [0.717, 1.165) is 13.2 Å². The lowest BCUT2D eigenvalue weighted by molar-refractivity contribution is -0.289. The molecule has 2 nitrogen and oxygen atoms in total. The van der Waals surface area contributed by atoms with Gasteiger partial charge in [-0.05, 0) is 18.2 Å². The molecule has 0 bridgehead atoms. The van der Waals surface area contributed by atoms with E-state index in [1.54, 1.807) is 0 Å². The minimum absolute atomic E-state index is 0.394. The Hall–Kier alpha value is -1.37. The maximum Gasteiger partial charge on any atom is 0.458 e. The zero-order valence-electron chi connectivity index (χ0n) is 8.82. The molecule has 0 saturated heterocycles. The lowest BCUT2D eigenvalue weighted by Crippen LogP contribution is -2.33. The van der Waals surface area contributed by atoms with E-state index in [1.807, 2.05) is 0 Å². The standard InChI is InChI=1S/C10H6ClF5O2/c1-18-8(17)5-2-6(4-7(11)3-5)9(12,13)10(14,15)16/h2-4H,1H3. The molecular formula is C10H6ClF5O2. The van der Waals surface area contributed by atoms with Crippen LogP contribution in [-0.4, -0.2) is 19.3 Å². The third-order valence-electron chi connectivity index (χ3n) is 2.04. The summed E-state index contributed by atoms with van der Waals surface area (Å²) in [6.45, 7) is 0. The van der Waals surface area contributed by atoms with E-state index in [0.29, 0.717) is 12.1 Å². The van der Waals surface area contributed by atoms with Crippen molar-refractivity contribution < 1.29 is 31.5 Å². The zero-order valence-corrected chi connectivity index (χ0v) is 9.57. The highest BCUT2D eigenvalue weighted by Gasteiger charge is 2.58. The van der Waals surface area contributed by atoms with Gasteiger partial charge < -0.3 is 4.74 Å². The number of rotatable bonds is 2. The van der Waals surface area contributed by atoms with Crippen molar-refractivity contribution in [2.45, 2.75) is 12.1 Å². The number of carbonyl (C=O) groups is 1. The normalized spacial score (nSPS) is 12.4. The first kappa shape index (κ1) is 14.7. The molecule has 0 aliphatic rings. The molecule has 1 rings (SSSR count). The Balaban J connectivity index is 3.35. The fourth-order valence-electron chi connectivity index (χ4n) is 1.17. The molecule has 100 valence electrons. The van der Waals surface area contributed by atoms with Crippen LogP contribution in [0, 0.1) is 0 Å². The lowest BCUT2D eigenvalue weighted by atomic mass is 10.0. The Labute approximate surface area is 103 Å². The lowest BCUT2D eigenvalue weighted by Gasteiger charge is -2.20. The summed E-state index contributed by atoms with van der Waals surface area (Å²) in [4.78, 5) is 11.1. The van der Waals surface area contributed by atoms with Crippen molar-refractivity contribution in [1.82, 2.24) is 0 Å².